The molecule has 1 amide bonds. The third-order valence-electron chi connectivity index (χ3n) is 4.71. The molecule has 7 nitrogen and oxygen atoms in total. The van der Waals surface area contributed by atoms with Gasteiger partial charge in [0.1, 0.15) is 18.7 Å². The lowest BCUT2D eigenvalue weighted by molar-refractivity contribution is -0.121. The summed E-state index contributed by atoms with van der Waals surface area (Å²) in [4.78, 5) is 20.2. The van der Waals surface area contributed by atoms with Crippen LogP contribution in [-0.2, 0) is 21.9 Å². The van der Waals surface area contributed by atoms with Gasteiger partial charge in [0.05, 0.1) is 0 Å². The normalized spacial score (nSPS) is 10.8. The Kier molecular flexibility index (Phi) is 15.7. The van der Waals surface area contributed by atoms with Crippen LogP contribution in [0.15, 0.2) is 91.0 Å². The molecule has 190 valence electrons. The van der Waals surface area contributed by atoms with Crippen molar-refractivity contribution < 1.29 is 9.59 Å². The van der Waals surface area contributed by atoms with Crippen LogP contribution in [0, 0.1) is 5.41 Å². The fraction of sp³-hybridized carbons (Fsp3) is 0.179. The van der Waals surface area contributed by atoms with E-state index in [4.69, 9.17) is 21.7 Å². The molecule has 3 rings (SSSR count). The zero-order valence-corrected chi connectivity index (χ0v) is 21.3. The van der Waals surface area contributed by atoms with Crippen molar-refractivity contribution in [2.24, 2.45) is 11.5 Å². The van der Waals surface area contributed by atoms with Gasteiger partial charge in [-0.05, 0) is 23.6 Å². The van der Waals surface area contributed by atoms with Crippen molar-refractivity contribution in [1.82, 2.24) is 10.0 Å². The highest BCUT2D eigenvalue weighted by Gasteiger charge is 2.13. The quantitative estimate of drug-likeness (QED) is 0.161. The Bertz CT molecular complexity index is 1040. The van der Waals surface area contributed by atoms with Crippen LogP contribution in [0.25, 0.3) is 6.08 Å². The Labute approximate surface area is 218 Å². The molecular weight excluding hydrogens is 470 g/mol. The maximum atomic E-state index is 12.2. The molecule has 0 aliphatic rings. The largest absolute Gasteiger partial charge is 0.384 e. The molecule has 0 bridgehead atoms. The summed E-state index contributed by atoms with van der Waals surface area (Å²) in [5.41, 5.74) is 14.7. The minimum atomic E-state index is -0.358. The van der Waals surface area contributed by atoms with Crippen LogP contribution in [0.3, 0.4) is 0 Å². The predicted molar refractivity (Wildman–Crippen MR) is 151 cm³/mol. The molecule has 0 aliphatic heterocycles. The van der Waals surface area contributed by atoms with Gasteiger partial charge in [-0.25, -0.2) is 4.72 Å². The molecule has 7 N–H and O–H groups in total. The second-order valence-electron chi connectivity index (χ2n) is 7.35. The number of likely N-dealkylation sites (N-methyl/N-ethyl adjacent to an activating group) is 1. The molecule has 0 fully saturated rings. The summed E-state index contributed by atoms with van der Waals surface area (Å²) in [5, 5.41) is 9.97. The van der Waals surface area contributed by atoms with Gasteiger partial charge in [-0.3, -0.25) is 10.2 Å². The van der Waals surface area contributed by atoms with Gasteiger partial charge in [0.2, 0.25) is 5.91 Å². The number of rotatable bonds is 10. The molecule has 36 heavy (non-hydrogen) atoms. The van der Waals surface area contributed by atoms with Gasteiger partial charge in [0.25, 0.3) is 0 Å². The number of carbonyl (C=O) groups is 2. The molecule has 1 atom stereocenters. The highest BCUT2D eigenvalue weighted by Crippen LogP contribution is 2.11. The van der Waals surface area contributed by atoms with Crippen LogP contribution < -0.4 is 21.5 Å². The maximum absolute atomic E-state index is 12.2. The fourth-order valence-electron chi connectivity index (χ4n) is 2.85. The number of amides is 1. The summed E-state index contributed by atoms with van der Waals surface area (Å²) in [6.45, 7) is 5.07. The second-order valence-corrected chi connectivity index (χ2v) is 8.16. The van der Waals surface area contributed by atoms with E-state index in [0.29, 0.717) is 13.1 Å². The summed E-state index contributed by atoms with van der Waals surface area (Å²) < 4.78 is 3.24. The highest BCUT2D eigenvalue weighted by molar-refractivity contribution is 7.96. The Hall–Kier alpha value is -3.72. The first-order valence-corrected chi connectivity index (χ1v) is 12.4. The number of benzene rings is 3. The topological polar surface area (TPSA) is 134 Å². The van der Waals surface area contributed by atoms with Crippen LogP contribution >= 0.6 is 11.9 Å². The summed E-state index contributed by atoms with van der Waals surface area (Å²) in [6, 6.07) is 27.2. The first-order valence-electron chi connectivity index (χ1n) is 11.4. The van der Waals surface area contributed by atoms with Crippen LogP contribution in [-0.4, -0.2) is 31.1 Å². The average Bonchev–Trinajstić information content (AvgIpc) is 2.93. The molecule has 3 aromatic carbocycles. The monoisotopic (exact) mass is 505 g/mol. The third-order valence-corrected chi connectivity index (χ3v) is 5.61. The van der Waals surface area contributed by atoms with Crippen molar-refractivity contribution in [3.8, 4) is 0 Å². The Morgan fingerprint density at radius 2 is 1.56 bits per heavy atom. The van der Waals surface area contributed by atoms with E-state index in [1.165, 1.54) is 5.56 Å². The van der Waals surface area contributed by atoms with Gasteiger partial charge >= 0.3 is 0 Å². The lowest BCUT2D eigenvalue weighted by Crippen LogP contribution is -2.40. The number of nitrogens with one attached hydrogen (secondary N) is 3. The van der Waals surface area contributed by atoms with Gasteiger partial charge in [-0.15, -0.1) is 0 Å². The molecule has 0 aliphatic carbocycles. The molecule has 0 saturated carbocycles. The zero-order chi connectivity index (χ0) is 26.6. The van der Waals surface area contributed by atoms with Crippen LogP contribution in [0.1, 0.15) is 29.2 Å². The Balaban J connectivity index is 0.000000417. The van der Waals surface area contributed by atoms with E-state index >= 15 is 0 Å². The third kappa shape index (κ3) is 12.1. The molecule has 0 radical (unpaired) electrons. The fourth-order valence-corrected chi connectivity index (χ4v) is 3.65. The lowest BCUT2D eigenvalue weighted by atomic mass is 10.1. The van der Waals surface area contributed by atoms with Crippen molar-refractivity contribution >= 4 is 36.6 Å². The van der Waals surface area contributed by atoms with Crippen molar-refractivity contribution in [2.75, 3.05) is 6.54 Å². The highest BCUT2D eigenvalue weighted by atomic mass is 32.2. The van der Waals surface area contributed by atoms with Gasteiger partial charge in [-0.2, -0.15) is 0 Å². The van der Waals surface area contributed by atoms with Gasteiger partial charge < -0.3 is 21.6 Å². The van der Waals surface area contributed by atoms with E-state index in [0.717, 1.165) is 22.4 Å². The van der Waals surface area contributed by atoms with Gasteiger partial charge in [-0.1, -0.05) is 109 Å². The SMILES string of the molecule is C=O.CCNC(=O)C(/C=C/c1ccccc1)NSCc1ccccc1.N=C(N)c1ccc(CN)cc1. The van der Waals surface area contributed by atoms with Crippen LogP contribution in [0.5, 0.6) is 0 Å². The van der Waals surface area contributed by atoms with E-state index in [-0.39, 0.29) is 17.8 Å². The standard InChI is InChI=1S/C19H22N2OS.C8H11N3.CH2O/c1-2-20-19(22)18(14-13-16-9-5-3-6-10-16)21-23-15-17-11-7-4-8-12-17;9-5-6-1-3-7(4-2-6)8(10)11;1-2/h3-14,18,21H,2,15H2,1H3,(H,20,22);1-4H,5,9H2,(H3,10,11);1H2/b14-13+;;. The minimum Gasteiger partial charge on any atom is -0.384 e. The van der Waals surface area contributed by atoms with Crippen molar-refractivity contribution in [3.05, 3.63) is 113 Å². The lowest BCUT2D eigenvalue weighted by Gasteiger charge is -2.14. The maximum Gasteiger partial charge on any atom is 0.241 e. The molecule has 0 saturated heterocycles. The molecule has 0 spiro atoms. The smallest absolute Gasteiger partial charge is 0.241 e. The van der Waals surface area contributed by atoms with Crippen molar-refractivity contribution in [1.29, 1.82) is 5.41 Å². The molecule has 0 aromatic heterocycles. The average molecular weight is 506 g/mol. The van der Waals surface area contributed by atoms with E-state index in [1.54, 1.807) is 24.1 Å². The van der Waals surface area contributed by atoms with Crippen LogP contribution in [0.4, 0.5) is 0 Å². The number of carbonyl (C=O) groups excluding carboxylic acids is 2. The van der Waals surface area contributed by atoms with E-state index < -0.39 is 0 Å². The first-order chi connectivity index (χ1) is 17.5. The number of amidine groups is 1. The first kappa shape index (κ1) is 30.3. The van der Waals surface area contributed by atoms with E-state index in [1.807, 2.05) is 86.5 Å². The summed E-state index contributed by atoms with van der Waals surface area (Å²) in [5.74, 6) is 0.893. The summed E-state index contributed by atoms with van der Waals surface area (Å²) >= 11 is 1.54. The van der Waals surface area contributed by atoms with E-state index in [9.17, 15) is 4.79 Å². The number of nitrogen functional groups attached to an aromatic ring is 1. The van der Waals surface area contributed by atoms with E-state index in [2.05, 4.69) is 22.2 Å². The molecule has 1 unspecified atom stereocenters. The predicted octanol–water partition coefficient (Wildman–Crippen LogP) is 3.89. The zero-order valence-electron chi connectivity index (χ0n) is 20.5. The number of hydrogen-bond donors (Lipinski definition) is 5. The molecule has 3 aromatic rings. The van der Waals surface area contributed by atoms with Crippen molar-refractivity contribution in [3.63, 3.8) is 0 Å². The molecule has 8 heteroatoms. The van der Waals surface area contributed by atoms with Gasteiger partial charge in [0, 0.05) is 24.4 Å². The number of hydrogen-bond acceptors (Lipinski definition) is 6. The second kappa shape index (κ2) is 18.6. The van der Waals surface area contributed by atoms with Gasteiger partial charge in [0.15, 0.2) is 0 Å². The molecule has 0 heterocycles. The number of nitrogens with two attached hydrogens (primary N) is 2. The van der Waals surface area contributed by atoms with Crippen LogP contribution in [0.2, 0.25) is 0 Å². The minimum absolute atomic E-state index is 0.0137. The van der Waals surface area contributed by atoms with Crippen molar-refractivity contribution in [2.45, 2.75) is 25.3 Å². The molecular formula is C28H35N5O2S. The Morgan fingerprint density at radius 3 is 2.08 bits per heavy atom. The Morgan fingerprint density at radius 1 is 0.972 bits per heavy atom. The summed E-state index contributed by atoms with van der Waals surface area (Å²) in [7, 11) is 0. The summed E-state index contributed by atoms with van der Waals surface area (Å²) in [6.07, 6.45) is 3.87.